The first-order valence-electron chi connectivity index (χ1n) is 4.98. The van der Waals surface area contributed by atoms with E-state index in [2.05, 4.69) is 5.32 Å². The third-order valence-electron chi connectivity index (χ3n) is 2.66. The van der Waals surface area contributed by atoms with Gasteiger partial charge in [0.05, 0.1) is 6.61 Å². The van der Waals surface area contributed by atoms with Gasteiger partial charge in [0.2, 0.25) is 0 Å². The highest BCUT2D eigenvalue weighted by molar-refractivity contribution is 4.87. The first kappa shape index (κ1) is 13.7. The maximum atomic E-state index is 12.0. The number of halogens is 3. The topological polar surface area (TPSA) is 50.7 Å². The zero-order valence-electron chi connectivity index (χ0n) is 9.01. The second-order valence-electron chi connectivity index (χ2n) is 3.88. The van der Waals surface area contributed by atoms with Crippen molar-refractivity contribution in [1.82, 2.24) is 5.32 Å². The molecule has 0 amide bonds. The summed E-state index contributed by atoms with van der Waals surface area (Å²) in [5.74, 6) is 0. The Morgan fingerprint density at radius 2 is 2.25 bits per heavy atom. The van der Waals surface area contributed by atoms with Gasteiger partial charge in [-0.15, -0.1) is 0 Å². The van der Waals surface area contributed by atoms with Crippen molar-refractivity contribution < 1.29 is 27.8 Å². The lowest BCUT2D eigenvalue weighted by Gasteiger charge is -2.26. The van der Waals surface area contributed by atoms with Gasteiger partial charge in [-0.1, -0.05) is 0 Å². The molecule has 1 aliphatic heterocycles. The summed E-state index contributed by atoms with van der Waals surface area (Å²) in [5.41, 5.74) is -0.564. The summed E-state index contributed by atoms with van der Waals surface area (Å²) in [5, 5.41) is 11.3. The molecule has 0 aromatic rings. The van der Waals surface area contributed by atoms with Crippen molar-refractivity contribution in [3.8, 4) is 0 Å². The summed E-state index contributed by atoms with van der Waals surface area (Å²) in [4.78, 5) is 0. The number of rotatable bonds is 5. The predicted octanol–water partition coefficient (Wildman–Crippen LogP) is 0.305. The van der Waals surface area contributed by atoms with E-state index in [1.807, 2.05) is 0 Å². The Hall–Kier alpha value is -0.370. The number of methoxy groups -OCH3 is 1. The van der Waals surface area contributed by atoms with E-state index in [4.69, 9.17) is 14.6 Å². The summed E-state index contributed by atoms with van der Waals surface area (Å²) in [7, 11) is 1.50. The smallest absolute Gasteiger partial charge is 0.382 e. The van der Waals surface area contributed by atoms with Crippen LogP contribution in [0.2, 0.25) is 0 Å². The van der Waals surface area contributed by atoms with Crippen molar-refractivity contribution in [2.45, 2.75) is 24.3 Å². The van der Waals surface area contributed by atoms with Gasteiger partial charge in [-0.3, -0.25) is 0 Å². The zero-order chi connectivity index (χ0) is 12.2. The molecule has 0 bridgehead atoms. The van der Waals surface area contributed by atoms with Crippen molar-refractivity contribution >= 4 is 0 Å². The van der Waals surface area contributed by atoms with Gasteiger partial charge in [0.15, 0.2) is 6.10 Å². The molecule has 7 heteroatoms. The molecule has 0 saturated carbocycles. The molecule has 0 aliphatic carbocycles. The molecule has 2 atom stereocenters. The second-order valence-corrected chi connectivity index (χ2v) is 3.88. The highest BCUT2D eigenvalue weighted by atomic mass is 19.4. The van der Waals surface area contributed by atoms with Gasteiger partial charge in [0.25, 0.3) is 0 Å². The first-order valence-corrected chi connectivity index (χ1v) is 4.98. The molecule has 0 radical (unpaired) electrons. The number of aliphatic hydroxyl groups is 1. The van der Waals surface area contributed by atoms with Crippen LogP contribution in [-0.2, 0) is 9.47 Å². The van der Waals surface area contributed by atoms with Crippen LogP contribution in [0.4, 0.5) is 13.2 Å². The molecule has 0 spiro atoms. The van der Waals surface area contributed by atoms with Gasteiger partial charge in [-0.05, 0) is 0 Å². The van der Waals surface area contributed by atoms with E-state index in [1.54, 1.807) is 0 Å². The fourth-order valence-electron chi connectivity index (χ4n) is 1.51. The Morgan fingerprint density at radius 1 is 1.56 bits per heavy atom. The van der Waals surface area contributed by atoms with Crippen LogP contribution in [0, 0.1) is 0 Å². The average Bonchev–Trinajstić information content (AvgIpc) is 2.66. The number of hydrogen-bond acceptors (Lipinski definition) is 4. The van der Waals surface area contributed by atoms with Crippen LogP contribution in [0.3, 0.4) is 0 Å². The first-order chi connectivity index (χ1) is 7.40. The lowest BCUT2D eigenvalue weighted by atomic mass is 10.0. The van der Waals surface area contributed by atoms with Crippen LogP contribution < -0.4 is 5.32 Å². The van der Waals surface area contributed by atoms with E-state index in [-0.39, 0.29) is 6.54 Å². The molecule has 1 saturated heterocycles. The maximum Gasteiger partial charge on any atom is 0.415 e. The summed E-state index contributed by atoms with van der Waals surface area (Å²) in [6.07, 6.45) is -6.29. The minimum Gasteiger partial charge on any atom is -0.382 e. The van der Waals surface area contributed by atoms with Crippen LogP contribution >= 0.6 is 0 Å². The van der Waals surface area contributed by atoms with Crippen molar-refractivity contribution in [3.05, 3.63) is 0 Å². The summed E-state index contributed by atoms with van der Waals surface area (Å²) >= 11 is 0. The molecule has 1 fully saturated rings. The Labute approximate surface area is 91.7 Å². The van der Waals surface area contributed by atoms with Gasteiger partial charge >= 0.3 is 6.18 Å². The fraction of sp³-hybridized carbons (Fsp3) is 1.00. The van der Waals surface area contributed by atoms with Crippen LogP contribution in [-0.4, -0.2) is 56.4 Å². The molecule has 1 aliphatic rings. The van der Waals surface area contributed by atoms with Crippen molar-refractivity contribution in [1.29, 1.82) is 0 Å². The molecule has 0 aromatic carbocycles. The standard InChI is InChI=1S/C9H16F3NO3/c1-15-8(2-3-16-6-8)5-13-4-7(14)9(10,11)12/h7,13-14H,2-6H2,1H3. The Morgan fingerprint density at radius 3 is 2.69 bits per heavy atom. The fourth-order valence-corrected chi connectivity index (χ4v) is 1.51. The van der Waals surface area contributed by atoms with E-state index < -0.39 is 24.4 Å². The SMILES string of the molecule is COC1(CNCC(O)C(F)(F)F)CCOC1. The van der Waals surface area contributed by atoms with Gasteiger partial charge in [0.1, 0.15) is 5.60 Å². The summed E-state index contributed by atoms with van der Waals surface area (Å²) in [6, 6.07) is 0. The Bertz CT molecular complexity index is 217. The molecule has 16 heavy (non-hydrogen) atoms. The maximum absolute atomic E-state index is 12.0. The Kier molecular flexibility index (Phi) is 4.54. The summed E-state index contributed by atoms with van der Waals surface area (Å²) in [6.45, 7) is 0.598. The van der Waals surface area contributed by atoms with Crippen LogP contribution in [0.1, 0.15) is 6.42 Å². The second kappa shape index (κ2) is 5.31. The number of alkyl halides is 3. The highest BCUT2D eigenvalue weighted by Crippen LogP contribution is 2.22. The van der Waals surface area contributed by atoms with Crippen molar-refractivity contribution in [2.75, 3.05) is 33.4 Å². The summed E-state index contributed by atoms with van der Waals surface area (Å²) < 4.78 is 46.3. The third-order valence-corrected chi connectivity index (χ3v) is 2.66. The lowest BCUT2D eigenvalue weighted by molar-refractivity contribution is -0.202. The van der Waals surface area contributed by atoms with Crippen molar-refractivity contribution in [2.24, 2.45) is 0 Å². The molecule has 96 valence electrons. The average molecular weight is 243 g/mol. The Balaban J connectivity index is 2.29. The van der Waals surface area contributed by atoms with Crippen LogP contribution in [0.15, 0.2) is 0 Å². The van der Waals surface area contributed by atoms with Gasteiger partial charge in [-0.25, -0.2) is 0 Å². The monoisotopic (exact) mass is 243 g/mol. The van der Waals surface area contributed by atoms with E-state index in [1.165, 1.54) is 7.11 Å². The minimum absolute atomic E-state index is 0.233. The quantitative estimate of drug-likeness (QED) is 0.729. The number of hydrogen-bond donors (Lipinski definition) is 2. The van der Waals surface area contributed by atoms with Gasteiger partial charge in [-0.2, -0.15) is 13.2 Å². The van der Waals surface area contributed by atoms with E-state index in [0.29, 0.717) is 19.6 Å². The lowest BCUT2D eigenvalue weighted by Crippen LogP contribution is -2.47. The molecule has 1 rings (SSSR count). The molecule has 4 nitrogen and oxygen atoms in total. The molecule has 1 heterocycles. The van der Waals surface area contributed by atoms with E-state index in [9.17, 15) is 13.2 Å². The predicted molar refractivity (Wildman–Crippen MR) is 50.1 cm³/mol. The van der Waals surface area contributed by atoms with Gasteiger partial charge < -0.3 is 19.9 Å². The minimum atomic E-state index is -4.58. The number of aliphatic hydroxyl groups excluding tert-OH is 1. The van der Waals surface area contributed by atoms with E-state index >= 15 is 0 Å². The van der Waals surface area contributed by atoms with E-state index in [0.717, 1.165) is 0 Å². The largest absolute Gasteiger partial charge is 0.415 e. The molecule has 0 aromatic heterocycles. The zero-order valence-corrected chi connectivity index (χ0v) is 9.01. The third kappa shape index (κ3) is 3.58. The normalized spacial score (nSPS) is 28.3. The van der Waals surface area contributed by atoms with Crippen molar-refractivity contribution in [3.63, 3.8) is 0 Å². The molecular formula is C9H16F3NO3. The van der Waals surface area contributed by atoms with Crippen LogP contribution in [0.25, 0.3) is 0 Å². The number of ether oxygens (including phenoxy) is 2. The number of nitrogens with one attached hydrogen (secondary N) is 1. The molecule has 2 unspecified atom stereocenters. The highest BCUT2D eigenvalue weighted by Gasteiger charge is 2.39. The molecule has 2 N–H and O–H groups in total. The van der Waals surface area contributed by atoms with Crippen LogP contribution in [0.5, 0.6) is 0 Å². The molecular weight excluding hydrogens is 227 g/mol. The van der Waals surface area contributed by atoms with Gasteiger partial charge in [0, 0.05) is 33.2 Å².